The number of hydrogen-bond donors (Lipinski definition) is 2. The Kier molecular flexibility index (Phi) is 8.52. The molecule has 43 heavy (non-hydrogen) atoms. The van der Waals surface area contributed by atoms with Crippen LogP contribution in [0, 0.1) is 11.6 Å². The maximum atomic E-state index is 14.1. The number of anilines is 1. The number of carbonyl (C=O) groups is 2. The summed E-state index contributed by atoms with van der Waals surface area (Å²) in [5.41, 5.74) is 2.10. The monoisotopic (exact) mass is 625 g/mol. The van der Waals surface area contributed by atoms with Crippen LogP contribution in [0.1, 0.15) is 57.4 Å². The number of hydrogen-bond acceptors (Lipinski definition) is 5. The molecular weight excluding hydrogens is 599 g/mol. The van der Waals surface area contributed by atoms with Gasteiger partial charge in [0.05, 0.1) is 34.0 Å². The van der Waals surface area contributed by atoms with E-state index in [4.69, 9.17) is 28.2 Å². The van der Waals surface area contributed by atoms with Gasteiger partial charge in [0.25, 0.3) is 17.4 Å². The first-order chi connectivity index (χ1) is 20.5. The molecule has 0 saturated heterocycles. The summed E-state index contributed by atoms with van der Waals surface area (Å²) in [7, 11) is 1.52. The minimum atomic E-state index is -1.00. The number of fused-ring (bicyclic) bond motifs is 1. The Morgan fingerprint density at radius 3 is 2.33 bits per heavy atom. The molecule has 2 amide bonds. The van der Waals surface area contributed by atoms with E-state index >= 15 is 0 Å². The summed E-state index contributed by atoms with van der Waals surface area (Å²) in [5.74, 6) is -2.43. The molecule has 0 fully saturated rings. The fraction of sp³-hybridized carbons (Fsp3) is 0.226. The van der Waals surface area contributed by atoms with E-state index in [1.807, 2.05) is 6.92 Å². The van der Waals surface area contributed by atoms with Gasteiger partial charge in [-0.2, -0.15) is 0 Å². The molecule has 12 heteroatoms. The molecule has 0 aliphatic carbocycles. The maximum absolute atomic E-state index is 14.1. The smallest absolute Gasteiger partial charge is 0.263 e. The van der Waals surface area contributed by atoms with Crippen LogP contribution in [0.5, 0.6) is 0 Å². The van der Waals surface area contributed by atoms with Crippen molar-refractivity contribution in [1.29, 1.82) is 0 Å². The van der Waals surface area contributed by atoms with Crippen LogP contribution >= 0.6 is 23.2 Å². The molecule has 2 N–H and O–H groups in total. The van der Waals surface area contributed by atoms with E-state index in [1.54, 1.807) is 48.2 Å². The van der Waals surface area contributed by atoms with Crippen LogP contribution in [0.2, 0.25) is 10.0 Å². The second-order valence-electron chi connectivity index (χ2n) is 10.3. The summed E-state index contributed by atoms with van der Waals surface area (Å²) >= 11 is 12.2. The summed E-state index contributed by atoms with van der Waals surface area (Å²) in [6.45, 7) is 3.62. The summed E-state index contributed by atoms with van der Waals surface area (Å²) < 4.78 is 29.0. The number of nitrogens with zero attached hydrogens (tertiary/aromatic N) is 3. The third kappa shape index (κ3) is 5.98. The maximum Gasteiger partial charge on any atom is 0.263 e. The van der Waals surface area contributed by atoms with Crippen LogP contribution in [0.4, 0.5) is 14.7 Å². The molecule has 2 heterocycles. The van der Waals surface area contributed by atoms with Crippen LogP contribution in [-0.4, -0.2) is 39.4 Å². The van der Waals surface area contributed by atoms with Crippen LogP contribution in [-0.2, 0) is 13.0 Å². The molecule has 3 aromatic carbocycles. The lowest BCUT2D eigenvalue weighted by Crippen LogP contribution is -2.46. The van der Waals surface area contributed by atoms with Crippen molar-refractivity contribution in [2.24, 2.45) is 0 Å². The predicted octanol–water partition coefficient (Wildman–Crippen LogP) is 5.94. The Hall–Kier alpha value is -4.28. The van der Waals surface area contributed by atoms with Gasteiger partial charge in [0.1, 0.15) is 0 Å². The van der Waals surface area contributed by atoms with Gasteiger partial charge in [-0.1, -0.05) is 29.3 Å². The molecule has 2 atom stereocenters. The van der Waals surface area contributed by atoms with Gasteiger partial charge in [0, 0.05) is 29.8 Å². The topological polar surface area (TPSA) is 96.3 Å². The summed E-state index contributed by atoms with van der Waals surface area (Å²) in [6.07, 6.45) is 0.240. The number of nitrogens with one attached hydrogen (secondary N) is 2. The minimum absolute atomic E-state index is 0.0511. The van der Waals surface area contributed by atoms with E-state index < -0.39 is 17.7 Å². The fourth-order valence-corrected chi connectivity index (χ4v) is 5.32. The molecule has 5 rings (SSSR count). The zero-order valence-corrected chi connectivity index (χ0v) is 24.9. The van der Waals surface area contributed by atoms with Crippen LogP contribution in [0.15, 0.2) is 65.5 Å². The molecule has 8 nitrogen and oxygen atoms in total. The van der Waals surface area contributed by atoms with Gasteiger partial charge in [-0.05, 0) is 80.4 Å². The molecule has 1 aliphatic heterocycles. The third-order valence-electron chi connectivity index (χ3n) is 7.45. The highest BCUT2D eigenvalue weighted by Gasteiger charge is 2.32. The molecule has 222 valence electrons. The summed E-state index contributed by atoms with van der Waals surface area (Å²) in [6, 6.07) is 13.7. The molecule has 1 aliphatic rings. The molecular formula is C31H27Cl2F2N5O3. The molecule has 0 bridgehead atoms. The Balaban J connectivity index is 1.58. The average Bonchev–Trinajstić information content (AvgIpc) is 2.99. The Labute approximate surface area is 256 Å². The number of benzene rings is 3. The Morgan fingerprint density at radius 2 is 1.67 bits per heavy atom. The first kappa shape index (κ1) is 30.2. The van der Waals surface area contributed by atoms with Crippen molar-refractivity contribution in [3.8, 4) is 5.69 Å². The van der Waals surface area contributed by atoms with Gasteiger partial charge in [-0.25, -0.2) is 18.3 Å². The lowest BCUT2D eigenvalue weighted by molar-refractivity contribution is 0.0653. The highest BCUT2D eigenvalue weighted by atomic mass is 35.5. The standard InChI is InChI=1S/C31H27Cl2F2N5O3/c1-16-12-22-27(15-39(16)29(42)20-6-10-23(32)24(33)13-20)38-31(37-17(2)19-7-11-25(34)26(35)14-19)40(30(22)43)21-8-4-18(5-9-21)28(41)36-3/h4-11,13-14,16-17H,12,15H2,1-3H3,(H,36,41)(H,37,38)/t16-,17?/m1/s1. The van der Waals surface area contributed by atoms with Crippen molar-refractivity contribution in [1.82, 2.24) is 19.8 Å². The van der Waals surface area contributed by atoms with Gasteiger partial charge in [0.15, 0.2) is 11.6 Å². The number of amides is 2. The zero-order valence-electron chi connectivity index (χ0n) is 23.4. The molecule has 0 saturated carbocycles. The number of carbonyl (C=O) groups excluding carboxylic acids is 2. The van der Waals surface area contributed by atoms with Gasteiger partial charge in [-0.3, -0.25) is 14.4 Å². The van der Waals surface area contributed by atoms with Crippen molar-refractivity contribution in [2.75, 3.05) is 12.4 Å². The van der Waals surface area contributed by atoms with Crippen LogP contribution < -0.4 is 16.2 Å². The van der Waals surface area contributed by atoms with Crippen molar-refractivity contribution < 1.29 is 18.4 Å². The Morgan fingerprint density at radius 1 is 0.977 bits per heavy atom. The summed E-state index contributed by atoms with van der Waals surface area (Å²) in [5, 5.41) is 6.29. The number of halogens is 4. The molecule has 0 spiro atoms. The van der Waals surface area contributed by atoms with Crippen molar-refractivity contribution in [3.63, 3.8) is 0 Å². The normalized spacial score (nSPS) is 15.0. The minimum Gasteiger partial charge on any atom is -0.355 e. The molecule has 1 unspecified atom stereocenters. The SMILES string of the molecule is CNC(=O)c1ccc(-n2c(NC(C)c3ccc(F)c(F)c3)nc3c(c2=O)C[C@@H](C)N(C(=O)c2ccc(Cl)c(Cl)c2)C3)cc1. The van der Waals surface area contributed by atoms with Crippen molar-refractivity contribution >= 4 is 41.0 Å². The number of rotatable bonds is 6. The fourth-order valence-electron chi connectivity index (χ4n) is 5.03. The highest BCUT2D eigenvalue weighted by molar-refractivity contribution is 6.42. The second-order valence-corrected chi connectivity index (χ2v) is 11.1. The lowest BCUT2D eigenvalue weighted by Gasteiger charge is -2.35. The third-order valence-corrected chi connectivity index (χ3v) is 8.18. The highest BCUT2D eigenvalue weighted by Crippen LogP contribution is 2.29. The Bertz CT molecular complexity index is 1800. The molecule has 0 radical (unpaired) electrons. The zero-order chi connectivity index (χ0) is 31.0. The van der Waals surface area contributed by atoms with E-state index in [0.717, 1.165) is 12.1 Å². The molecule has 4 aromatic rings. The van der Waals surface area contributed by atoms with E-state index in [9.17, 15) is 23.2 Å². The number of aromatic nitrogens is 2. The van der Waals surface area contributed by atoms with Gasteiger partial charge >= 0.3 is 0 Å². The molecule has 1 aromatic heterocycles. The first-order valence-corrected chi connectivity index (χ1v) is 14.2. The largest absolute Gasteiger partial charge is 0.355 e. The predicted molar refractivity (Wildman–Crippen MR) is 161 cm³/mol. The van der Waals surface area contributed by atoms with E-state index in [1.165, 1.54) is 23.7 Å². The lowest BCUT2D eigenvalue weighted by atomic mass is 9.98. The van der Waals surface area contributed by atoms with Crippen LogP contribution in [0.25, 0.3) is 5.69 Å². The second kappa shape index (κ2) is 12.1. The quantitative estimate of drug-likeness (QED) is 0.277. The van der Waals surface area contributed by atoms with E-state index in [-0.39, 0.29) is 47.4 Å². The van der Waals surface area contributed by atoms with Gasteiger partial charge in [0.2, 0.25) is 5.95 Å². The van der Waals surface area contributed by atoms with Gasteiger partial charge in [-0.15, -0.1) is 0 Å². The summed E-state index contributed by atoms with van der Waals surface area (Å²) in [4.78, 5) is 46.0. The van der Waals surface area contributed by atoms with E-state index in [2.05, 4.69) is 10.6 Å². The van der Waals surface area contributed by atoms with Crippen LogP contribution in [0.3, 0.4) is 0 Å². The first-order valence-electron chi connectivity index (χ1n) is 13.4. The van der Waals surface area contributed by atoms with Crippen molar-refractivity contribution in [2.45, 2.75) is 38.9 Å². The average molecular weight is 626 g/mol. The van der Waals surface area contributed by atoms with E-state index in [0.29, 0.717) is 38.7 Å². The van der Waals surface area contributed by atoms with Crippen molar-refractivity contribution in [3.05, 3.63) is 121 Å². The van der Waals surface area contributed by atoms with Gasteiger partial charge < -0.3 is 15.5 Å².